The van der Waals surface area contributed by atoms with Gasteiger partial charge in [-0.1, -0.05) is 25.7 Å². The Morgan fingerprint density at radius 3 is 2.21 bits per heavy atom. The molecule has 140 valence electrons. The molecular weight excluding hydrogens is 308 g/mol. The monoisotopic (exact) mass is 342 g/mol. The highest BCUT2D eigenvalue weighted by molar-refractivity contribution is 5.76. The molecular formula is C18H34N2O4. The summed E-state index contributed by atoms with van der Waals surface area (Å²) in [5.74, 6) is 6.19. The van der Waals surface area contributed by atoms with E-state index in [4.69, 9.17) is 14.2 Å². The van der Waals surface area contributed by atoms with Gasteiger partial charge in [-0.25, -0.2) is 0 Å². The lowest BCUT2D eigenvalue weighted by molar-refractivity contribution is -0.122. The van der Waals surface area contributed by atoms with Crippen LogP contribution in [0, 0.1) is 17.8 Å². The van der Waals surface area contributed by atoms with Crippen molar-refractivity contribution in [2.24, 2.45) is 5.92 Å². The van der Waals surface area contributed by atoms with Gasteiger partial charge in [0.15, 0.2) is 0 Å². The molecule has 0 saturated carbocycles. The first-order valence-electron chi connectivity index (χ1n) is 8.79. The summed E-state index contributed by atoms with van der Waals surface area (Å²) >= 11 is 0. The molecule has 0 unspecified atom stereocenters. The van der Waals surface area contributed by atoms with E-state index in [1.807, 2.05) is 20.9 Å². The Morgan fingerprint density at radius 2 is 1.58 bits per heavy atom. The maximum Gasteiger partial charge on any atom is 0.223 e. The summed E-state index contributed by atoms with van der Waals surface area (Å²) in [6.45, 7) is 8.82. The third kappa shape index (κ3) is 18.9. The molecule has 0 aliphatic heterocycles. The van der Waals surface area contributed by atoms with E-state index in [0.717, 1.165) is 26.0 Å². The largest absolute Gasteiger partial charge is 0.379 e. The van der Waals surface area contributed by atoms with Crippen molar-refractivity contribution in [1.82, 2.24) is 10.6 Å². The van der Waals surface area contributed by atoms with Crippen molar-refractivity contribution < 1.29 is 19.0 Å². The van der Waals surface area contributed by atoms with Crippen molar-refractivity contribution in [3.05, 3.63) is 0 Å². The molecule has 2 N–H and O–H groups in total. The summed E-state index contributed by atoms with van der Waals surface area (Å²) in [4.78, 5) is 11.5. The Kier molecular flexibility index (Phi) is 17.4. The first-order chi connectivity index (χ1) is 11.7. The second-order valence-electron chi connectivity index (χ2n) is 5.65. The molecule has 6 heteroatoms. The average molecular weight is 342 g/mol. The van der Waals surface area contributed by atoms with Crippen LogP contribution in [0.3, 0.4) is 0 Å². The maximum absolute atomic E-state index is 11.5. The van der Waals surface area contributed by atoms with Crippen molar-refractivity contribution >= 4 is 5.91 Å². The van der Waals surface area contributed by atoms with Crippen LogP contribution in [0.15, 0.2) is 0 Å². The molecule has 0 aliphatic carbocycles. The van der Waals surface area contributed by atoms with E-state index in [-0.39, 0.29) is 5.91 Å². The molecule has 0 aromatic rings. The first kappa shape index (κ1) is 22.9. The molecule has 0 atom stereocenters. The third-order valence-electron chi connectivity index (χ3n) is 2.95. The van der Waals surface area contributed by atoms with Crippen LogP contribution >= 0.6 is 0 Å². The number of carbonyl (C=O) groups excluding carboxylic acids is 1. The zero-order valence-corrected chi connectivity index (χ0v) is 15.5. The van der Waals surface area contributed by atoms with Gasteiger partial charge < -0.3 is 24.8 Å². The van der Waals surface area contributed by atoms with E-state index in [0.29, 0.717) is 51.9 Å². The highest BCUT2D eigenvalue weighted by atomic mass is 16.5. The highest BCUT2D eigenvalue weighted by Crippen LogP contribution is 1.89. The molecule has 0 aromatic carbocycles. The van der Waals surface area contributed by atoms with Crippen molar-refractivity contribution in [3.63, 3.8) is 0 Å². The minimum atomic E-state index is -0.0411. The number of rotatable bonds is 15. The van der Waals surface area contributed by atoms with Crippen molar-refractivity contribution in [3.8, 4) is 11.8 Å². The summed E-state index contributed by atoms with van der Waals surface area (Å²) in [5.41, 5.74) is 0. The minimum Gasteiger partial charge on any atom is -0.379 e. The fourth-order valence-electron chi connectivity index (χ4n) is 1.70. The first-order valence-corrected chi connectivity index (χ1v) is 8.79. The van der Waals surface area contributed by atoms with Crippen LogP contribution in [-0.4, -0.2) is 65.7 Å². The van der Waals surface area contributed by atoms with Crippen molar-refractivity contribution in [2.45, 2.75) is 33.1 Å². The lowest BCUT2D eigenvalue weighted by Crippen LogP contribution is -2.25. The molecule has 0 spiro atoms. The van der Waals surface area contributed by atoms with Crippen molar-refractivity contribution in [2.75, 3.05) is 59.8 Å². The fraction of sp³-hybridized carbons (Fsp3) is 0.833. The molecule has 0 heterocycles. The lowest BCUT2D eigenvalue weighted by Gasteiger charge is -2.07. The quantitative estimate of drug-likeness (QED) is 0.346. The topological polar surface area (TPSA) is 68.8 Å². The molecule has 24 heavy (non-hydrogen) atoms. The Hall–Kier alpha value is -1.13. The standard InChI is InChI=1S/C18H34N2O4/c1-17(2)7-6-10-20-18(21)8-12-23-14-16-24-15-13-22-11-5-4-9-19-3/h17,19H,4-5,8-16H2,1-3H3,(H,20,21). The summed E-state index contributed by atoms with van der Waals surface area (Å²) in [5, 5.41) is 5.84. The van der Waals surface area contributed by atoms with E-state index < -0.39 is 0 Å². The SMILES string of the molecule is CNCCCCOCCOCCOCCC(=O)NCC#CC(C)C. The molecule has 0 bridgehead atoms. The second-order valence-corrected chi connectivity index (χ2v) is 5.65. The van der Waals surface area contributed by atoms with Gasteiger partial charge in [0.25, 0.3) is 0 Å². The number of amides is 1. The summed E-state index contributed by atoms with van der Waals surface area (Å²) < 4.78 is 16.2. The van der Waals surface area contributed by atoms with Crippen LogP contribution in [0.1, 0.15) is 33.1 Å². The number of ether oxygens (including phenoxy) is 3. The number of nitrogens with one attached hydrogen (secondary N) is 2. The van der Waals surface area contributed by atoms with Crippen LogP contribution in [0.25, 0.3) is 0 Å². The van der Waals surface area contributed by atoms with Crippen molar-refractivity contribution in [1.29, 1.82) is 0 Å². The fourth-order valence-corrected chi connectivity index (χ4v) is 1.70. The molecule has 0 rings (SSSR count). The molecule has 0 radical (unpaired) electrons. The Morgan fingerprint density at radius 1 is 0.958 bits per heavy atom. The van der Waals surface area contributed by atoms with Crippen LogP contribution in [-0.2, 0) is 19.0 Å². The molecule has 1 amide bonds. The van der Waals surface area contributed by atoms with E-state index in [1.54, 1.807) is 0 Å². The van der Waals surface area contributed by atoms with Gasteiger partial charge in [0.05, 0.1) is 39.6 Å². The van der Waals surface area contributed by atoms with Gasteiger partial charge in [-0.3, -0.25) is 4.79 Å². The average Bonchev–Trinajstić information content (AvgIpc) is 2.55. The van der Waals surface area contributed by atoms with Crippen LogP contribution in [0.2, 0.25) is 0 Å². The van der Waals surface area contributed by atoms with Gasteiger partial charge in [-0.05, 0) is 26.4 Å². The van der Waals surface area contributed by atoms with Gasteiger partial charge in [0, 0.05) is 18.9 Å². The van der Waals surface area contributed by atoms with Crippen LogP contribution in [0.5, 0.6) is 0 Å². The molecule has 0 aromatic heterocycles. The van der Waals surface area contributed by atoms with Gasteiger partial charge in [-0.15, -0.1) is 0 Å². The third-order valence-corrected chi connectivity index (χ3v) is 2.95. The Balaban J connectivity index is 3.19. The molecule has 0 aliphatic rings. The second kappa shape index (κ2) is 18.2. The Bertz CT molecular complexity index is 351. The van der Waals surface area contributed by atoms with Crippen LogP contribution in [0.4, 0.5) is 0 Å². The number of carbonyl (C=O) groups is 1. The van der Waals surface area contributed by atoms with E-state index in [1.165, 1.54) is 0 Å². The Labute approximate surface area is 147 Å². The smallest absolute Gasteiger partial charge is 0.223 e. The predicted molar refractivity (Wildman–Crippen MR) is 95.9 cm³/mol. The lowest BCUT2D eigenvalue weighted by atomic mass is 10.2. The summed E-state index contributed by atoms with van der Waals surface area (Å²) in [6, 6.07) is 0. The normalized spacial score (nSPS) is 10.5. The number of hydrogen-bond acceptors (Lipinski definition) is 5. The summed E-state index contributed by atoms with van der Waals surface area (Å²) in [6.07, 6.45) is 2.54. The number of hydrogen-bond donors (Lipinski definition) is 2. The van der Waals surface area contributed by atoms with E-state index >= 15 is 0 Å². The predicted octanol–water partition coefficient (Wildman–Crippen LogP) is 1.20. The molecule has 0 fully saturated rings. The van der Waals surface area contributed by atoms with E-state index in [9.17, 15) is 4.79 Å². The zero-order valence-electron chi connectivity index (χ0n) is 15.5. The number of unbranched alkanes of at least 4 members (excludes halogenated alkanes) is 1. The zero-order chi connectivity index (χ0) is 17.9. The van der Waals surface area contributed by atoms with Gasteiger partial charge in [0.2, 0.25) is 5.91 Å². The maximum atomic E-state index is 11.5. The summed E-state index contributed by atoms with van der Waals surface area (Å²) in [7, 11) is 1.95. The molecule has 0 saturated heterocycles. The van der Waals surface area contributed by atoms with Gasteiger partial charge in [-0.2, -0.15) is 0 Å². The van der Waals surface area contributed by atoms with Gasteiger partial charge >= 0.3 is 0 Å². The van der Waals surface area contributed by atoms with E-state index in [2.05, 4.69) is 22.5 Å². The molecule has 6 nitrogen and oxygen atoms in total. The minimum absolute atomic E-state index is 0.0411. The highest BCUT2D eigenvalue weighted by Gasteiger charge is 1.99. The van der Waals surface area contributed by atoms with Crippen LogP contribution < -0.4 is 10.6 Å². The van der Waals surface area contributed by atoms with Gasteiger partial charge in [0.1, 0.15) is 0 Å².